The summed E-state index contributed by atoms with van der Waals surface area (Å²) in [5, 5.41) is 0.584. The largest absolute Gasteiger partial charge is 0.501 e. The first-order valence-electron chi connectivity index (χ1n) is 5.29. The second-order valence-electron chi connectivity index (χ2n) is 3.32. The van der Waals surface area contributed by atoms with Gasteiger partial charge in [0.25, 0.3) is 0 Å². The molecule has 0 unspecified atom stereocenters. The van der Waals surface area contributed by atoms with Gasteiger partial charge in [-0.1, -0.05) is 11.6 Å². The molecule has 0 aliphatic rings. The van der Waals surface area contributed by atoms with E-state index in [4.69, 9.17) is 16.3 Å². The Hall–Kier alpha value is -1.26. The zero-order chi connectivity index (χ0) is 13.5. The number of benzene rings is 1. The van der Waals surface area contributed by atoms with Crippen LogP contribution in [-0.4, -0.2) is 24.9 Å². The van der Waals surface area contributed by atoms with Gasteiger partial charge in [0, 0.05) is 10.5 Å². The molecule has 1 aromatic rings. The highest BCUT2D eigenvalue weighted by Gasteiger charge is 2.13. The van der Waals surface area contributed by atoms with Crippen molar-refractivity contribution < 1.29 is 14.3 Å². The van der Waals surface area contributed by atoms with Gasteiger partial charge in [-0.25, -0.2) is 0 Å². The van der Waals surface area contributed by atoms with Gasteiger partial charge >= 0.3 is 0 Å². The number of carbonyl (C=O) groups is 2. The summed E-state index contributed by atoms with van der Waals surface area (Å²) in [4.78, 5) is 23.7. The van der Waals surface area contributed by atoms with Crippen molar-refractivity contribution in [2.45, 2.75) is 11.8 Å². The molecule has 0 aliphatic heterocycles. The molecule has 5 heteroatoms. The van der Waals surface area contributed by atoms with Gasteiger partial charge in [0.05, 0.1) is 23.5 Å². The topological polar surface area (TPSA) is 43.4 Å². The average Bonchev–Trinajstić information content (AvgIpc) is 2.40. The zero-order valence-electron chi connectivity index (χ0n) is 10.1. The molecule has 0 N–H and O–H groups in total. The molecule has 0 aliphatic carbocycles. The van der Waals surface area contributed by atoms with Gasteiger partial charge in [0.1, 0.15) is 0 Å². The first kappa shape index (κ1) is 14.8. The highest BCUT2D eigenvalue weighted by atomic mass is 35.5. The van der Waals surface area contributed by atoms with Gasteiger partial charge < -0.3 is 4.74 Å². The Bertz CT molecular complexity index is 483. The molecule has 0 spiro atoms. The third-order valence-corrected chi connectivity index (χ3v) is 3.40. The molecule has 1 rings (SSSR count). The summed E-state index contributed by atoms with van der Waals surface area (Å²) in [5.41, 5.74) is 0.410. The number of rotatable bonds is 6. The van der Waals surface area contributed by atoms with E-state index < -0.39 is 0 Å². The van der Waals surface area contributed by atoms with Crippen LogP contribution in [0.5, 0.6) is 0 Å². The third-order valence-electron chi connectivity index (χ3n) is 2.18. The second-order valence-corrected chi connectivity index (χ2v) is 4.58. The molecule has 0 fully saturated rings. The van der Waals surface area contributed by atoms with Gasteiger partial charge in [0.15, 0.2) is 12.1 Å². The summed E-state index contributed by atoms with van der Waals surface area (Å²) >= 11 is 7.40. The summed E-state index contributed by atoms with van der Waals surface area (Å²) < 4.78 is 4.96. The van der Waals surface area contributed by atoms with Crippen LogP contribution in [0.2, 0.25) is 5.02 Å². The molecule has 0 saturated heterocycles. The predicted octanol–water partition coefficient (Wildman–Crippen LogP) is 3.36. The smallest absolute Gasteiger partial charge is 0.199 e. The van der Waals surface area contributed by atoms with E-state index in [1.165, 1.54) is 18.0 Å². The molecule has 0 radical (unpaired) electrons. The van der Waals surface area contributed by atoms with Crippen molar-refractivity contribution in [1.29, 1.82) is 0 Å². The quantitative estimate of drug-likeness (QED) is 0.153. The van der Waals surface area contributed by atoms with E-state index >= 15 is 0 Å². The van der Waals surface area contributed by atoms with Crippen LogP contribution in [-0.2, 0) is 9.53 Å². The number of ether oxygens (including phenoxy) is 1. The van der Waals surface area contributed by atoms with Gasteiger partial charge in [-0.2, -0.15) is 0 Å². The average molecular weight is 285 g/mol. The fraction of sp³-hybridized carbons (Fsp3) is 0.231. The van der Waals surface area contributed by atoms with Crippen molar-refractivity contribution in [3.8, 4) is 0 Å². The van der Waals surface area contributed by atoms with E-state index in [-0.39, 0.29) is 11.4 Å². The van der Waals surface area contributed by atoms with Gasteiger partial charge in [-0.15, -0.1) is 11.8 Å². The molecule has 0 heterocycles. The first-order valence-corrected chi connectivity index (χ1v) is 6.89. The van der Waals surface area contributed by atoms with E-state index in [1.54, 1.807) is 25.1 Å². The van der Waals surface area contributed by atoms with Crippen molar-refractivity contribution in [3.05, 3.63) is 40.6 Å². The van der Waals surface area contributed by atoms with Crippen LogP contribution in [0.15, 0.2) is 34.9 Å². The number of aldehydes is 1. The Balaban J connectivity index is 3.06. The Kier molecular flexibility index (Phi) is 5.95. The van der Waals surface area contributed by atoms with E-state index in [0.717, 1.165) is 4.90 Å². The molecule has 3 nitrogen and oxygen atoms in total. The van der Waals surface area contributed by atoms with Crippen molar-refractivity contribution in [2.24, 2.45) is 0 Å². The Morgan fingerprint density at radius 3 is 2.78 bits per heavy atom. The molecule has 96 valence electrons. The van der Waals surface area contributed by atoms with Crippen molar-refractivity contribution in [1.82, 2.24) is 0 Å². The molecule has 0 saturated carbocycles. The maximum atomic E-state index is 12.0. The summed E-state index contributed by atoms with van der Waals surface area (Å²) in [6, 6.07) is 4.90. The SMILES string of the molecule is CCOC=C(C=O)C(=O)c1ccc(Cl)c(SC)c1. The van der Waals surface area contributed by atoms with E-state index in [9.17, 15) is 9.59 Å². The lowest BCUT2D eigenvalue weighted by Crippen LogP contribution is -2.05. The van der Waals surface area contributed by atoms with Crippen LogP contribution in [0.3, 0.4) is 0 Å². The number of allylic oxidation sites excluding steroid dienone is 1. The fourth-order valence-corrected chi connectivity index (χ4v) is 2.13. The number of hydrogen-bond acceptors (Lipinski definition) is 4. The maximum Gasteiger partial charge on any atom is 0.199 e. The predicted molar refractivity (Wildman–Crippen MR) is 73.3 cm³/mol. The van der Waals surface area contributed by atoms with Crippen LogP contribution in [0.1, 0.15) is 17.3 Å². The Morgan fingerprint density at radius 2 is 2.22 bits per heavy atom. The zero-order valence-corrected chi connectivity index (χ0v) is 11.7. The van der Waals surface area contributed by atoms with Crippen LogP contribution >= 0.6 is 23.4 Å². The van der Waals surface area contributed by atoms with E-state index in [0.29, 0.717) is 23.5 Å². The summed E-state index contributed by atoms with van der Waals surface area (Å²) in [5.74, 6) is -0.370. The molecule has 0 aromatic heterocycles. The maximum absolute atomic E-state index is 12.0. The molecule has 18 heavy (non-hydrogen) atoms. The normalized spacial score (nSPS) is 11.2. The monoisotopic (exact) mass is 284 g/mol. The summed E-state index contributed by atoms with van der Waals surface area (Å²) in [6.45, 7) is 2.18. The molecule has 0 amide bonds. The molecular formula is C13H13ClO3S. The van der Waals surface area contributed by atoms with Crippen molar-refractivity contribution in [3.63, 3.8) is 0 Å². The highest BCUT2D eigenvalue weighted by Crippen LogP contribution is 2.26. The molecule has 0 bridgehead atoms. The standard InChI is InChI=1S/C13H13ClO3S/c1-3-17-8-10(7-15)13(16)9-4-5-11(14)12(6-9)18-2/h4-8H,3H2,1-2H3. The highest BCUT2D eigenvalue weighted by molar-refractivity contribution is 7.98. The summed E-state index contributed by atoms with van der Waals surface area (Å²) in [7, 11) is 0. The van der Waals surface area contributed by atoms with E-state index in [1.807, 2.05) is 6.26 Å². The number of carbonyl (C=O) groups excluding carboxylic acids is 2. The Labute approximate surface area is 115 Å². The second kappa shape index (κ2) is 7.24. The fourth-order valence-electron chi connectivity index (χ4n) is 1.28. The van der Waals surface area contributed by atoms with Crippen LogP contribution in [0.4, 0.5) is 0 Å². The number of thioether (sulfide) groups is 1. The lowest BCUT2D eigenvalue weighted by Gasteiger charge is -2.05. The number of ketones is 1. The van der Waals surface area contributed by atoms with Crippen LogP contribution in [0, 0.1) is 0 Å². The lowest BCUT2D eigenvalue weighted by molar-refractivity contribution is -0.104. The minimum atomic E-state index is -0.370. The van der Waals surface area contributed by atoms with Crippen molar-refractivity contribution >= 4 is 35.4 Å². The van der Waals surface area contributed by atoms with Crippen LogP contribution < -0.4 is 0 Å². The molecule has 0 atom stereocenters. The minimum absolute atomic E-state index is 0.00812. The minimum Gasteiger partial charge on any atom is -0.501 e. The lowest BCUT2D eigenvalue weighted by atomic mass is 10.1. The molecular weight excluding hydrogens is 272 g/mol. The van der Waals surface area contributed by atoms with Gasteiger partial charge in [-0.3, -0.25) is 9.59 Å². The number of hydrogen-bond donors (Lipinski definition) is 0. The van der Waals surface area contributed by atoms with Crippen molar-refractivity contribution in [2.75, 3.05) is 12.9 Å². The van der Waals surface area contributed by atoms with Crippen LogP contribution in [0.25, 0.3) is 0 Å². The van der Waals surface area contributed by atoms with Gasteiger partial charge in [0.2, 0.25) is 0 Å². The van der Waals surface area contributed by atoms with Gasteiger partial charge in [-0.05, 0) is 31.4 Å². The first-order chi connectivity index (χ1) is 8.63. The van der Waals surface area contributed by atoms with E-state index in [2.05, 4.69) is 0 Å². The Morgan fingerprint density at radius 1 is 1.50 bits per heavy atom. The third kappa shape index (κ3) is 3.62. The summed E-state index contributed by atoms with van der Waals surface area (Å²) in [6.07, 6.45) is 3.54. The molecule has 1 aromatic carbocycles. The number of halogens is 1. The number of Topliss-reactive ketones (excluding diaryl/α,β-unsaturated/α-hetero) is 1.